The van der Waals surface area contributed by atoms with E-state index in [2.05, 4.69) is 48.3 Å². The monoisotopic (exact) mass is 244 g/mol. The fourth-order valence-electron chi connectivity index (χ4n) is 3.21. The van der Waals surface area contributed by atoms with Gasteiger partial charge in [0.2, 0.25) is 0 Å². The van der Waals surface area contributed by atoms with Gasteiger partial charge in [-0.25, -0.2) is 0 Å². The van der Waals surface area contributed by atoms with Gasteiger partial charge >= 0.3 is 0 Å². The quantitative estimate of drug-likeness (QED) is 0.860. The second-order valence-electron chi connectivity index (χ2n) is 6.23. The zero-order valence-electron chi connectivity index (χ0n) is 11.6. The number of hydrogen-bond donors (Lipinski definition) is 1. The lowest BCUT2D eigenvalue weighted by Crippen LogP contribution is -2.51. The number of hydrogen-bond acceptors (Lipinski definition) is 2. The van der Waals surface area contributed by atoms with Gasteiger partial charge < -0.3 is 10.2 Å². The lowest BCUT2D eigenvalue weighted by atomic mass is 9.95. The Hall–Kier alpha value is -1.02. The molecule has 0 bridgehead atoms. The summed E-state index contributed by atoms with van der Waals surface area (Å²) in [5, 5.41) is 3.79. The average molecular weight is 244 g/mol. The third-order valence-electron chi connectivity index (χ3n) is 4.50. The van der Waals surface area contributed by atoms with Crippen LogP contribution in [0, 0.1) is 12.8 Å². The number of anilines is 1. The van der Waals surface area contributed by atoms with Crippen LogP contribution in [-0.2, 0) is 0 Å². The predicted molar refractivity (Wildman–Crippen MR) is 77.1 cm³/mol. The van der Waals surface area contributed by atoms with Crippen molar-refractivity contribution >= 4 is 5.69 Å². The fraction of sp³-hybridized carbons (Fsp3) is 0.625. The second kappa shape index (κ2) is 4.58. The maximum atomic E-state index is 3.79. The van der Waals surface area contributed by atoms with Gasteiger partial charge in [0, 0.05) is 24.3 Å². The highest BCUT2D eigenvalue weighted by Crippen LogP contribution is 2.41. The van der Waals surface area contributed by atoms with Gasteiger partial charge in [-0.3, -0.25) is 0 Å². The SMILES string of the molecule is Cc1cccc(N2CCCNC(C)(C3CC3)C2)c1. The largest absolute Gasteiger partial charge is 0.370 e. The summed E-state index contributed by atoms with van der Waals surface area (Å²) in [6.45, 7) is 8.09. The highest BCUT2D eigenvalue weighted by atomic mass is 15.2. The first-order valence-corrected chi connectivity index (χ1v) is 7.24. The van der Waals surface area contributed by atoms with Crippen LogP contribution in [0.25, 0.3) is 0 Å². The van der Waals surface area contributed by atoms with Crippen molar-refractivity contribution in [3.8, 4) is 0 Å². The number of nitrogens with one attached hydrogen (secondary N) is 1. The van der Waals surface area contributed by atoms with Crippen LogP contribution < -0.4 is 10.2 Å². The lowest BCUT2D eigenvalue weighted by Gasteiger charge is -2.35. The van der Waals surface area contributed by atoms with Gasteiger partial charge in [0.1, 0.15) is 0 Å². The van der Waals surface area contributed by atoms with E-state index in [0.29, 0.717) is 5.54 Å². The van der Waals surface area contributed by atoms with Gasteiger partial charge in [-0.05, 0) is 63.3 Å². The first kappa shape index (κ1) is 12.0. The van der Waals surface area contributed by atoms with E-state index < -0.39 is 0 Å². The Morgan fingerprint density at radius 2 is 2.17 bits per heavy atom. The summed E-state index contributed by atoms with van der Waals surface area (Å²) >= 11 is 0. The van der Waals surface area contributed by atoms with Crippen molar-refractivity contribution in [2.45, 2.75) is 38.6 Å². The van der Waals surface area contributed by atoms with E-state index in [9.17, 15) is 0 Å². The summed E-state index contributed by atoms with van der Waals surface area (Å²) in [5.41, 5.74) is 3.07. The van der Waals surface area contributed by atoms with Crippen LogP contribution in [0.1, 0.15) is 31.7 Å². The molecule has 0 aromatic heterocycles. The Morgan fingerprint density at radius 3 is 2.89 bits per heavy atom. The van der Waals surface area contributed by atoms with Crippen LogP contribution >= 0.6 is 0 Å². The van der Waals surface area contributed by atoms with Crippen LogP contribution in [0.3, 0.4) is 0 Å². The van der Waals surface area contributed by atoms with E-state index in [1.54, 1.807) is 0 Å². The highest BCUT2D eigenvalue weighted by Gasteiger charge is 2.43. The molecule has 3 rings (SSSR count). The summed E-state index contributed by atoms with van der Waals surface area (Å²) < 4.78 is 0. The Bertz CT molecular complexity index is 425. The zero-order valence-corrected chi connectivity index (χ0v) is 11.6. The summed E-state index contributed by atoms with van der Waals surface area (Å²) in [6, 6.07) is 8.93. The fourth-order valence-corrected chi connectivity index (χ4v) is 3.21. The molecule has 18 heavy (non-hydrogen) atoms. The van der Waals surface area contributed by atoms with Gasteiger partial charge in [-0.2, -0.15) is 0 Å². The van der Waals surface area contributed by atoms with Crippen molar-refractivity contribution in [3.05, 3.63) is 29.8 Å². The standard InChI is InChI=1S/C16H24N2/c1-13-5-3-6-15(11-13)18-10-4-9-17-16(2,12-18)14-7-8-14/h3,5-6,11,14,17H,4,7-10,12H2,1-2H3. The smallest absolute Gasteiger partial charge is 0.0369 e. The molecule has 1 aromatic rings. The number of aryl methyl sites for hydroxylation is 1. The lowest BCUT2D eigenvalue weighted by molar-refractivity contribution is 0.331. The summed E-state index contributed by atoms with van der Waals surface area (Å²) in [7, 11) is 0. The third-order valence-corrected chi connectivity index (χ3v) is 4.50. The summed E-state index contributed by atoms with van der Waals surface area (Å²) in [5.74, 6) is 0.892. The Balaban J connectivity index is 1.82. The number of rotatable bonds is 2. The molecule has 1 N–H and O–H groups in total. The van der Waals surface area contributed by atoms with E-state index in [4.69, 9.17) is 0 Å². The molecule has 0 spiro atoms. The minimum Gasteiger partial charge on any atom is -0.370 e. The molecule has 0 radical (unpaired) electrons. The number of nitrogens with zero attached hydrogens (tertiary/aromatic N) is 1. The van der Waals surface area contributed by atoms with E-state index in [1.807, 2.05) is 0 Å². The number of benzene rings is 1. The van der Waals surface area contributed by atoms with Gasteiger partial charge in [-0.15, -0.1) is 0 Å². The maximum absolute atomic E-state index is 3.79. The minimum absolute atomic E-state index is 0.320. The van der Waals surface area contributed by atoms with Crippen LogP contribution in [-0.4, -0.2) is 25.2 Å². The van der Waals surface area contributed by atoms with Gasteiger partial charge in [0.15, 0.2) is 0 Å². The maximum Gasteiger partial charge on any atom is 0.0369 e. The van der Waals surface area contributed by atoms with Crippen LogP contribution in [0.2, 0.25) is 0 Å². The van der Waals surface area contributed by atoms with Crippen LogP contribution in [0.5, 0.6) is 0 Å². The second-order valence-corrected chi connectivity index (χ2v) is 6.23. The third kappa shape index (κ3) is 2.39. The molecule has 2 nitrogen and oxygen atoms in total. The molecule has 1 aliphatic carbocycles. The van der Waals surface area contributed by atoms with Crippen molar-refractivity contribution in [2.75, 3.05) is 24.5 Å². The molecule has 1 aliphatic heterocycles. The minimum atomic E-state index is 0.320. The van der Waals surface area contributed by atoms with Crippen molar-refractivity contribution in [3.63, 3.8) is 0 Å². The Kier molecular flexibility index (Phi) is 3.06. The molecule has 2 heteroatoms. The molecule has 1 aromatic carbocycles. The first-order chi connectivity index (χ1) is 8.67. The van der Waals surface area contributed by atoms with Gasteiger partial charge in [0.25, 0.3) is 0 Å². The normalized spacial score (nSPS) is 29.1. The van der Waals surface area contributed by atoms with E-state index in [-0.39, 0.29) is 0 Å². The molecule has 1 atom stereocenters. The Labute approximate surface area is 110 Å². The topological polar surface area (TPSA) is 15.3 Å². The van der Waals surface area contributed by atoms with Crippen molar-refractivity contribution in [1.82, 2.24) is 5.32 Å². The summed E-state index contributed by atoms with van der Waals surface area (Å²) in [6.07, 6.45) is 4.06. The highest BCUT2D eigenvalue weighted by molar-refractivity contribution is 5.49. The van der Waals surface area contributed by atoms with Gasteiger partial charge in [-0.1, -0.05) is 12.1 Å². The first-order valence-electron chi connectivity index (χ1n) is 7.24. The molecule has 1 saturated heterocycles. The van der Waals surface area contributed by atoms with E-state index in [0.717, 1.165) is 19.0 Å². The van der Waals surface area contributed by atoms with E-state index in [1.165, 1.54) is 37.1 Å². The molecule has 1 unspecified atom stereocenters. The van der Waals surface area contributed by atoms with Gasteiger partial charge in [0.05, 0.1) is 0 Å². The molecule has 2 aliphatic rings. The summed E-state index contributed by atoms with van der Waals surface area (Å²) in [4.78, 5) is 2.57. The molecule has 1 heterocycles. The molecular weight excluding hydrogens is 220 g/mol. The average Bonchev–Trinajstić information content (AvgIpc) is 3.15. The van der Waals surface area contributed by atoms with Crippen LogP contribution in [0.4, 0.5) is 5.69 Å². The Morgan fingerprint density at radius 1 is 1.33 bits per heavy atom. The molecule has 98 valence electrons. The molecule has 0 amide bonds. The molecular formula is C16H24N2. The van der Waals surface area contributed by atoms with Crippen LogP contribution in [0.15, 0.2) is 24.3 Å². The zero-order chi connectivity index (χ0) is 12.6. The molecule has 2 fully saturated rings. The predicted octanol–water partition coefficient (Wildman–Crippen LogP) is 2.96. The molecule has 1 saturated carbocycles. The van der Waals surface area contributed by atoms with E-state index >= 15 is 0 Å². The van der Waals surface area contributed by atoms with Crippen molar-refractivity contribution in [1.29, 1.82) is 0 Å². The van der Waals surface area contributed by atoms with Crippen molar-refractivity contribution in [2.24, 2.45) is 5.92 Å². The van der Waals surface area contributed by atoms with Crippen molar-refractivity contribution < 1.29 is 0 Å².